The summed E-state index contributed by atoms with van der Waals surface area (Å²) in [6, 6.07) is 10.9. The first-order valence-corrected chi connectivity index (χ1v) is 6.81. The molecule has 5 heteroatoms. The Balaban J connectivity index is 2.01. The van der Waals surface area contributed by atoms with Crippen LogP contribution in [0.15, 0.2) is 48.8 Å². The third-order valence-electron chi connectivity index (χ3n) is 3.22. The first-order valence-electron chi connectivity index (χ1n) is 6.43. The van der Waals surface area contributed by atoms with E-state index in [-0.39, 0.29) is 11.1 Å². The van der Waals surface area contributed by atoms with Gasteiger partial charge in [0.1, 0.15) is 5.15 Å². The molecular weight excluding hydrogens is 286 g/mol. The Morgan fingerprint density at radius 2 is 1.86 bits per heavy atom. The van der Waals surface area contributed by atoms with Crippen LogP contribution < -0.4 is 5.32 Å². The van der Waals surface area contributed by atoms with Gasteiger partial charge in [-0.05, 0) is 42.8 Å². The number of nitrogens with zero attached hydrogens (tertiary/aromatic N) is 2. The van der Waals surface area contributed by atoms with Crippen LogP contribution in [0, 0.1) is 6.92 Å². The molecule has 4 nitrogen and oxygen atoms in total. The highest BCUT2D eigenvalue weighted by Gasteiger charge is 2.13. The zero-order valence-corrected chi connectivity index (χ0v) is 12.1. The van der Waals surface area contributed by atoms with E-state index >= 15 is 0 Å². The summed E-state index contributed by atoms with van der Waals surface area (Å²) in [5.41, 5.74) is 2.97. The molecule has 0 aliphatic heterocycles. The van der Waals surface area contributed by atoms with Gasteiger partial charge < -0.3 is 5.32 Å². The van der Waals surface area contributed by atoms with Crippen LogP contribution in [-0.4, -0.2) is 15.9 Å². The van der Waals surface area contributed by atoms with Crippen LogP contribution in [0.2, 0.25) is 5.15 Å². The molecule has 0 fully saturated rings. The van der Waals surface area contributed by atoms with Crippen LogP contribution in [-0.2, 0) is 0 Å². The second kappa shape index (κ2) is 5.50. The number of fused-ring (bicyclic) bond motifs is 1. The molecule has 2 aromatic heterocycles. The average Bonchev–Trinajstić information content (AvgIpc) is 2.51. The fourth-order valence-corrected chi connectivity index (χ4v) is 2.37. The number of halogens is 1. The maximum Gasteiger partial charge on any atom is 0.258 e. The summed E-state index contributed by atoms with van der Waals surface area (Å²) in [7, 11) is 0. The molecule has 0 radical (unpaired) electrons. The van der Waals surface area contributed by atoms with E-state index < -0.39 is 0 Å². The molecule has 0 aliphatic carbocycles. The molecule has 1 amide bonds. The quantitative estimate of drug-likeness (QED) is 0.731. The molecular formula is C16H12ClN3O. The third-order valence-corrected chi connectivity index (χ3v) is 3.52. The summed E-state index contributed by atoms with van der Waals surface area (Å²) in [4.78, 5) is 20.6. The van der Waals surface area contributed by atoms with Crippen molar-refractivity contribution in [3.8, 4) is 0 Å². The standard InChI is InChI=1S/C16H12ClN3O/c1-10-6-7-13(11-4-2-8-18-14(10)11)20-16(21)12-5-3-9-19-15(12)17/h2-9H,1H3,(H,20,21). The molecule has 0 aliphatic rings. The van der Waals surface area contributed by atoms with E-state index in [0.29, 0.717) is 11.3 Å². The molecule has 21 heavy (non-hydrogen) atoms. The lowest BCUT2D eigenvalue weighted by Crippen LogP contribution is -2.13. The Hall–Kier alpha value is -2.46. The maximum atomic E-state index is 12.3. The normalized spacial score (nSPS) is 10.6. The van der Waals surface area contributed by atoms with Crippen LogP contribution in [0.3, 0.4) is 0 Å². The third kappa shape index (κ3) is 2.58. The first-order chi connectivity index (χ1) is 10.2. The van der Waals surface area contributed by atoms with Gasteiger partial charge in [0.2, 0.25) is 0 Å². The number of benzene rings is 1. The highest BCUT2D eigenvalue weighted by Crippen LogP contribution is 2.25. The van der Waals surface area contributed by atoms with Crippen molar-refractivity contribution in [2.45, 2.75) is 6.92 Å². The van der Waals surface area contributed by atoms with Crippen molar-refractivity contribution in [2.24, 2.45) is 0 Å². The predicted molar refractivity (Wildman–Crippen MR) is 83.7 cm³/mol. The summed E-state index contributed by atoms with van der Waals surface area (Å²) in [5, 5.41) is 3.94. The van der Waals surface area contributed by atoms with Gasteiger partial charge in [0.05, 0.1) is 16.8 Å². The summed E-state index contributed by atoms with van der Waals surface area (Å²) in [6.07, 6.45) is 3.28. The number of rotatable bonds is 2. The molecule has 3 rings (SSSR count). The van der Waals surface area contributed by atoms with E-state index in [9.17, 15) is 4.79 Å². The Labute approximate surface area is 126 Å². The summed E-state index contributed by atoms with van der Waals surface area (Å²) in [6.45, 7) is 1.99. The van der Waals surface area contributed by atoms with E-state index in [4.69, 9.17) is 11.6 Å². The molecule has 0 spiro atoms. The zero-order valence-electron chi connectivity index (χ0n) is 11.3. The summed E-state index contributed by atoms with van der Waals surface area (Å²) in [5.74, 6) is -0.290. The van der Waals surface area contributed by atoms with E-state index in [1.165, 1.54) is 0 Å². The van der Waals surface area contributed by atoms with Crippen LogP contribution in [0.1, 0.15) is 15.9 Å². The SMILES string of the molecule is Cc1ccc(NC(=O)c2cccnc2Cl)c2cccnc12. The number of hydrogen-bond acceptors (Lipinski definition) is 3. The first kappa shape index (κ1) is 13.5. The van der Waals surface area contributed by atoms with Gasteiger partial charge >= 0.3 is 0 Å². The lowest BCUT2D eigenvalue weighted by atomic mass is 10.1. The molecule has 2 heterocycles. The largest absolute Gasteiger partial charge is 0.321 e. The molecule has 0 atom stereocenters. The van der Waals surface area contributed by atoms with Crippen molar-refractivity contribution >= 4 is 34.1 Å². The molecule has 1 N–H and O–H groups in total. The number of pyridine rings is 2. The van der Waals surface area contributed by atoms with Gasteiger partial charge in [0.25, 0.3) is 5.91 Å². The smallest absolute Gasteiger partial charge is 0.258 e. The monoisotopic (exact) mass is 297 g/mol. The zero-order chi connectivity index (χ0) is 14.8. The number of amides is 1. The Bertz CT molecular complexity index is 833. The Morgan fingerprint density at radius 3 is 2.67 bits per heavy atom. The molecule has 1 aromatic carbocycles. The van der Waals surface area contributed by atoms with Crippen molar-refractivity contribution in [1.29, 1.82) is 0 Å². The molecule has 3 aromatic rings. The number of nitrogens with one attached hydrogen (secondary N) is 1. The van der Waals surface area contributed by atoms with Crippen molar-refractivity contribution in [3.63, 3.8) is 0 Å². The van der Waals surface area contributed by atoms with E-state index in [1.54, 1.807) is 24.5 Å². The second-order valence-electron chi connectivity index (χ2n) is 4.63. The number of aryl methyl sites for hydroxylation is 1. The highest BCUT2D eigenvalue weighted by molar-refractivity contribution is 6.33. The fraction of sp³-hybridized carbons (Fsp3) is 0.0625. The van der Waals surface area contributed by atoms with Crippen molar-refractivity contribution < 1.29 is 4.79 Å². The van der Waals surface area contributed by atoms with Gasteiger partial charge in [0, 0.05) is 17.8 Å². The van der Waals surface area contributed by atoms with Gasteiger partial charge in [-0.1, -0.05) is 17.7 Å². The lowest BCUT2D eigenvalue weighted by molar-refractivity contribution is 0.102. The minimum absolute atomic E-state index is 0.185. The predicted octanol–water partition coefficient (Wildman–Crippen LogP) is 3.84. The van der Waals surface area contributed by atoms with E-state index in [1.807, 2.05) is 31.2 Å². The van der Waals surface area contributed by atoms with Crippen molar-refractivity contribution in [2.75, 3.05) is 5.32 Å². The molecule has 0 saturated carbocycles. The lowest BCUT2D eigenvalue weighted by Gasteiger charge is -2.10. The number of aromatic nitrogens is 2. The molecule has 0 unspecified atom stereocenters. The van der Waals surface area contributed by atoms with Gasteiger partial charge in [-0.2, -0.15) is 0 Å². The van der Waals surface area contributed by atoms with Gasteiger partial charge in [0.15, 0.2) is 0 Å². The van der Waals surface area contributed by atoms with E-state index in [0.717, 1.165) is 16.5 Å². The average molecular weight is 298 g/mol. The van der Waals surface area contributed by atoms with Crippen LogP contribution in [0.25, 0.3) is 10.9 Å². The fourth-order valence-electron chi connectivity index (χ4n) is 2.17. The van der Waals surface area contributed by atoms with Gasteiger partial charge in [-0.15, -0.1) is 0 Å². The second-order valence-corrected chi connectivity index (χ2v) is 4.98. The van der Waals surface area contributed by atoms with Crippen LogP contribution >= 0.6 is 11.6 Å². The maximum absolute atomic E-state index is 12.3. The number of carbonyl (C=O) groups excluding carboxylic acids is 1. The number of carbonyl (C=O) groups is 1. The van der Waals surface area contributed by atoms with Crippen LogP contribution in [0.5, 0.6) is 0 Å². The summed E-state index contributed by atoms with van der Waals surface area (Å²) < 4.78 is 0. The van der Waals surface area contributed by atoms with Crippen molar-refractivity contribution in [3.05, 3.63) is 65.1 Å². The molecule has 0 bridgehead atoms. The number of hydrogen-bond donors (Lipinski definition) is 1. The van der Waals surface area contributed by atoms with Gasteiger partial charge in [-0.25, -0.2) is 4.98 Å². The van der Waals surface area contributed by atoms with Crippen molar-refractivity contribution in [1.82, 2.24) is 9.97 Å². The minimum Gasteiger partial charge on any atom is -0.321 e. The Kier molecular flexibility index (Phi) is 3.54. The van der Waals surface area contributed by atoms with Crippen LogP contribution in [0.4, 0.5) is 5.69 Å². The minimum atomic E-state index is -0.290. The highest BCUT2D eigenvalue weighted by atomic mass is 35.5. The van der Waals surface area contributed by atoms with E-state index in [2.05, 4.69) is 15.3 Å². The Morgan fingerprint density at radius 1 is 1.10 bits per heavy atom. The number of anilines is 1. The molecule has 0 saturated heterocycles. The topological polar surface area (TPSA) is 54.9 Å². The molecule has 104 valence electrons. The van der Waals surface area contributed by atoms with Gasteiger partial charge in [-0.3, -0.25) is 9.78 Å². The summed E-state index contributed by atoms with van der Waals surface area (Å²) >= 11 is 5.94.